The number of ether oxygens (including phenoxy) is 4. The van der Waals surface area contributed by atoms with E-state index in [-0.39, 0.29) is 0 Å². The number of hydrogen-bond acceptors (Lipinski definition) is 10. The Morgan fingerprint density at radius 3 is 1.59 bits per heavy atom. The Hall–Kier alpha value is -5.00. The first-order valence-electron chi connectivity index (χ1n) is 17.3. The van der Waals surface area contributed by atoms with Crippen LogP contribution in [0.4, 0.5) is 9.59 Å². The van der Waals surface area contributed by atoms with Gasteiger partial charge in [-0.2, -0.15) is 0 Å². The van der Waals surface area contributed by atoms with Crippen molar-refractivity contribution < 1.29 is 47.7 Å². The van der Waals surface area contributed by atoms with Crippen LogP contribution in [0.2, 0.25) is 0 Å². The summed E-state index contributed by atoms with van der Waals surface area (Å²) < 4.78 is 21.6. The van der Waals surface area contributed by atoms with Crippen molar-refractivity contribution in [2.45, 2.75) is 90.5 Å². The minimum absolute atomic E-state index is 0.300. The van der Waals surface area contributed by atoms with Gasteiger partial charge in [0, 0.05) is 24.2 Å². The molecule has 0 N–H and O–H groups in total. The number of likely N-dealkylation sites (tertiary alicyclic amines) is 1. The van der Waals surface area contributed by atoms with Gasteiger partial charge in [0.15, 0.2) is 30.8 Å². The molecule has 2 aromatic carbocycles. The van der Waals surface area contributed by atoms with Crippen LogP contribution >= 0.6 is 0 Å². The molecule has 0 bridgehead atoms. The first-order valence-corrected chi connectivity index (χ1v) is 17.3. The van der Waals surface area contributed by atoms with Gasteiger partial charge in [-0.05, 0) is 95.9 Å². The Bertz CT molecular complexity index is 1690. The van der Waals surface area contributed by atoms with Gasteiger partial charge in [0.2, 0.25) is 0 Å². The molecule has 272 valence electrons. The van der Waals surface area contributed by atoms with E-state index in [0.717, 1.165) is 29.5 Å². The molecule has 1 saturated carbocycles. The number of ketones is 2. The minimum Gasteiger partial charge on any atom is -0.456 e. The topological polar surface area (TPSA) is 146 Å². The van der Waals surface area contributed by atoms with E-state index in [1.807, 2.05) is 0 Å². The van der Waals surface area contributed by atoms with Gasteiger partial charge in [0.05, 0.1) is 0 Å². The molecule has 2 atom stereocenters. The van der Waals surface area contributed by atoms with Crippen molar-refractivity contribution in [1.82, 2.24) is 9.80 Å². The van der Waals surface area contributed by atoms with E-state index < -0.39 is 72.2 Å². The van der Waals surface area contributed by atoms with E-state index >= 15 is 0 Å². The number of nitrogens with zero attached hydrogens (tertiary/aromatic N) is 2. The van der Waals surface area contributed by atoms with E-state index in [2.05, 4.69) is 0 Å². The highest BCUT2D eigenvalue weighted by Crippen LogP contribution is 2.40. The second-order valence-electron chi connectivity index (χ2n) is 15.1. The summed E-state index contributed by atoms with van der Waals surface area (Å²) in [6, 6.07) is 11.7. The molecule has 0 unspecified atom stereocenters. The summed E-state index contributed by atoms with van der Waals surface area (Å²) >= 11 is 0. The standard InChI is InChI=1S/C39H46N2O10/c1-38(2,3)50-36(46)40-19-7-8-30(40)34(44)48-22-32(42)27-15-11-24(12-16-27)25-13-17-28(18-14-25)33(43)23-49-35(45)31-20-29(26-9-10-26)21-41(31)37(47)51-39(4,5)6/h11-18,20,26,30-31H,7-10,19,21-23H2,1-6H3/t30-,31-/m0/s1. The van der Waals surface area contributed by atoms with Crippen molar-refractivity contribution >= 4 is 35.7 Å². The predicted octanol–water partition coefficient (Wildman–Crippen LogP) is 6.16. The SMILES string of the molecule is CC(C)(C)OC(=O)N1CC(C2CC2)=C[C@H]1C(=O)OCC(=O)c1ccc(-c2ccc(C(=O)COC(=O)[C@@H]3CCCN3C(=O)OC(C)(C)C)cc2)cc1. The van der Waals surface area contributed by atoms with Gasteiger partial charge in [0.1, 0.15) is 17.2 Å². The van der Waals surface area contributed by atoms with Crippen molar-refractivity contribution in [1.29, 1.82) is 0 Å². The molecule has 2 aromatic rings. The van der Waals surface area contributed by atoms with Gasteiger partial charge in [-0.25, -0.2) is 19.2 Å². The van der Waals surface area contributed by atoms with Crippen LogP contribution < -0.4 is 0 Å². The maximum absolute atomic E-state index is 13.0. The average molecular weight is 703 g/mol. The molecule has 1 saturated heterocycles. The fraction of sp³-hybridized carbons (Fsp3) is 0.487. The van der Waals surface area contributed by atoms with E-state index in [1.165, 1.54) is 9.80 Å². The van der Waals surface area contributed by atoms with E-state index in [9.17, 15) is 28.8 Å². The predicted molar refractivity (Wildman–Crippen MR) is 186 cm³/mol. The summed E-state index contributed by atoms with van der Waals surface area (Å²) in [6.45, 7) is 10.3. The fourth-order valence-electron chi connectivity index (χ4n) is 5.92. The summed E-state index contributed by atoms with van der Waals surface area (Å²) in [6.07, 6.45) is 3.67. The fourth-order valence-corrected chi connectivity index (χ4v) is 5.92. The molecule has 1 aliphatic carbocycles. The van der Waals surface area contributed by atoms with Crippen LogP contribution in [-0.2, 0) is 28.5 Å². The molecule has 51 heavy (non-hydrogen) atoms. The molecule has 12 nitrogen and oxygen atoms in total. The highest BCUT2D eigenvalue weighted by atomic mass is 16.6. The van der Waals surface area contributed by atoms with E-state index in [4.69, 9.17) is 18.9 Å². The first-order chi connectivity index (χ1) is 24.0. The van der Waals surface area contributed by atoms with Crippen molar-refractivity contribution in [2.24, 2.45) is 5.92 Å². The molecule has 3 aliphatic rings. The molecule has 5 rings (SSSR count). The van der Waals surface area contributed by atoms with Gasteiger partial charge < -0.3 is 18.9 Å². The molecule has 2 aliphatic heterocycles. The third-order valence-corrected chi connectivity index (χ3v) is 8.62. The number of amides is 2. The number of carbonyl (C=O) groups is 6. The summed E-state index contributed by atoms with van der Waals surface area (Å²) in [5, 5.41) is 0. The van der Waals surface area contributed by atoms with Gasteiger partial charge in [-0.15, -0.1) is 0 Å². The van der Waals surface area contributed by atoms with E-state index in [0.29, 0.717) is 43.0 Å². The lowest BCUT2D eigenvalue weighted by molar-refractivity contribution is -0.147. The first kappa shape index (κ1) is 37.3. The maximum atomic E-state index is 13.0. The lowest BCUT2D eigenvalue weighted by Gasteiger charge is -2.27. The monoisotopic (exact) mass is 702 g/mol. The third-order valence-electron chi connectivity index (χ3n) is 8.62. The smallest absolute Gasteiger partial charge is 0.411 e. The number of esters is 2. The highest BCUT2D eigenvalue weighted by molar-refractivity contribution is 6.00. The zero-order chi connectivity index (χ0) is 37.1. The summed E-state index contributed by atoms with van der Waals surface area (Å²) in [7, 11) is 0. The van der Waals surface area contributed by atoms with Crippen LogP contribution in [0.25, 0.3) is 11.1 Å². The van der Waals surface area contributed by atoms with Gasteiger partial charge >= 0.3 is 24.1 Å². The Balaban J connectivity index is 1.11. The minimum atomic E-state index is -0.950. The lowest BCUT2D eigenvalue weighted by Crippen LogP contribution is -2.44. The Kier molecular flexibility index (Phi) is 11.0. The Morgan fingerprint density at radius 2 is 1.12 bits per heavy atom. The molecule has 0 radical (unpaired) electrons. The maximum Gasteiger partial charge on any atom is 0.411 e. The van der Waals surface area contributed by atoms with Crippen LogP contribution in [-0.4, -0.2) is 95.1 Å². The summed E-state index contributed by atoms with van der Waals surface area (Å²) in [4.78, 5) is 79.5. The lowest BCUT2D eigenvalue weighted by atomic mass is 10.0. The van der Waals surface area contributed by atoms with Crippen molar-refractivity contribution in [3.05, 3.63) is 71.3 Å². The van der Waals surface area contributed by atoms with Gasteiger partial charge in [-0.3, -0.25) is 19.4 Å². The average Bonchev–Trinajstić information content (AvgIpc) is 3.61. The zero-order valence-electron chi connectivity index (χ0n) is 30.1. The molecule has 0 aromatic heterocycles. The largest absolute Gasteiger partial charge is 0.456 e. The van der Waals surface area contributed by atoms with Crippen LogP contribution in [0.3, 0.4) is 0 Å². The van der Waals surface area contributed by atoms with Crippen molar-refractivity contribution in [2.75, 3.05) is 26.3 Å². The Labute approximate surface area is 298 Å². The molecular weight excluding hydrogens is 656 g/mol. The van der Waals surface area contributed by atoms with E-state index in [1.54, 1.807) is 96.1 Å². The number of rotatable bonds is 10. The summed E-state index contributed by atoms with van der Waals surface area (Å²) in [5.41, 5.74) is 1.85. The molecule has 2 fully saturated rings. The van der Waals surface area contributed by atoms with Crippen LogP contribution in [0.5, 0.6) is 0 Å². The molecule has 2 heterocycles. The molecule has 2 amide bonds. The molecule has 12 heteroatoms. The third kappa shape index (κ3) is 9.83. The van der Waals surface area contributed by atoms with Crippen molar-refractivity contribution in [3.63, 3.8) is 0 Å². The zero-order valence-corrected chi connectivity index (χ0v) is 30.1. The quantitative estimate of drug-likeness (QED) is 0.122. The van der Waals surface area contributed by atoms with Gasteiger partial charge in [0.25, 0.3) is 0 Å². The number of Topliss-reactive ketones (excluding diaryl/α,β-unsaturated/α-hetero) is 2. The number of carbonyl (C=O) groups excluding carboxylic acids is 6. The normalized spacial score (nSPS) is 18.9. The van der Waals surface area contributed by atoms with Crippen LogP contribution in [0.15, 0.2) is 60.2 Å². The number of hydrogen-bond donors (Lipinski definition) is 0. The molecule has 0 spiro atoms. The second kappa shape index (κ2) is 15.1. The van der Waals surface area contributed by atoms with Crippen LogP contribution in [0, 0.1) is 5.92 Å². The second-order valence-corrected chi connectivity index (χ2v) is 15.1. The van der Waals surface area contributed by atoms with Gasteiger partial charge in [-0.1, -0.05) is 48.5 Å². The molecular formula is C39H46N2O10. The Morgan fingerprint density at radius 1 is 0.647 bits per heavy atom. The highest BCUT2D eigenvalue weighted by Gasteiger charge is 2.42. The van der Waals surface area contributed by atoms with Crippen molar-refractivity contribution in [3.8, 4) is 11.1 Å². The number of benzene rings is 2. The van der Waals surface area contributed by atoms with Crippen LogP contribution in [0.1, 0.15) is 87.9 Å². The summed E-state index contributed by atoms with van der Waals surface area (Å²) in [5.74, 6) is -1.76.